The molecule has 0 aromatic carbocycles. The van der Waals surface area contributed by atoms with Crippen LogP contribution in [0.15, 0.2) is 12.2 Å². The largest absolute Gasteiger partial charge is 0.465 e. The lowest BCUT2D eigenvalue weighted by molar-refractivity contribution is -0.164. The van der Waals surface area contributed by atoms with E-state index in [2.05, 4.69) is 46.8 Å². The number of esters is 2. The Morgan fingerprint density at radius 1 is 0.510 bits per heavy atom. The number of ether oxygens (including phenoxy) is 2. The van der Waals surface area contributed by atoms with Crippen molar-refractivity contribution in [2.75, 3.05) is 13.2 Å². The van der Waals surface area contributed by atoms with Crippen molar-refractivity contribution in [3.63, 3.8) is 0 Å². The van der Waals surface area contributed by atoms with E-state index >= 15 is 0 Å². The van der Waals surface area contributed by atoms with E-state index in [0.717, 1.165) is 25.7 Å². The number of carbonyl (C=O) groups excluding carboxylic acids is 2. The molecule has 288 valence electrons. The van der Waals surface area contributed by atoms with Gasteiger partial charge in [0.05, 0.1) is 25.0 Å². The second-order valence-corrected chi connectivity index (χ2v) is 15.9. The third-order valence-corrected chi connectivity index (χ3v) is 11.2. The summed E-state index contributed by atoms with van der Waals surface area (Å²) in [6.07, 6.45) is 40.3. The number of hydrogen-bond donors (Lipinski definition) is 0. The van der Waals surface area contributed by atoms with Crippen LogP contribution in [-0.2, 0) is 19.1 Å². The van der Waals surface area contributed by atoms with E-state index in [0.29, 0.717) is 31.5 Å². The molecule has 0 saturated carbocycles. The molecular weight excluding hydrogens is 604 g/mol. The zero-order chi connectivity index (χ0) is 35.8. The number of allylic oxidation sites excluding steroid dienone is 2. The Balaban J connectivity index is 2.71. The van der Waals surface area contributed by atoms with Crippen LogP contribution in [0.3, 0.4) is 0 Å². The van der Waals surface area contributed by atoms with Gasteiger partial charge in [-0.3, -0.25) is 9.59 Å². The van der Waals surface area contributed by atoms with E-state index < -0.39 is 11.8 Å². The van der Waals surface area contributed by atoms with Gasteiger partial charge >= 0.3 is 11.9 Å². The average molecular weight is 689 g/mol. The van der Waals surface area contributed by atoms with Crippen LogP contribution in [0, 0.1) is 29.6 Å². The van der Waals surface area contributed by atoms with Crippen molar-refractivity contribution in [2.24, 2.45) is 29.6 Å². The molecule has 0 bridgehead atoms. The molecule has 1 rings (SSSR count). The summed E-state index contributed by atoms with van der Waals surface area (Å²) in [5.41, 5.74) is 0. The van der Waals surface area contributed by atoms with Crippen molar-refractivity contribution in [3.8, 4) is 0 Å². The first-order chi connectivity index (χ1) is 24.0. The molecule has 5 atom stereocenters. The first-order valence-electron chi connectivity index (χ1n) is 22.0. The summed E-state index contributed by atoms with van der Waals surface area (Å²) in [6, 6.07) is 0. The fourth-order valence-corrected chi connectivity index (χ4v) is 7.77. The fourth-order valence-electron chi connectivity index (χ4n) is 7.77. The first kappa shape index (κ1) is 45.7. The van der Waals surface area contributed by atoms with Gasteiger partial charge in [-0.1, -0.05) is 201 Å². The molecule has 1 aliphatic carbocycles. The standard InChI is InChI=1S/C45H84O4/c1-6-10-14-18-20-24-28-34-40(32-26-22-16-12-8-3)37-48-44(46)42-36-30-31-39(5)43(42)45(47)49-38-41(33-27-23-17-13-9-4)35-29-25-21-19-15-11-7-2/h30-31,39-43H,6-29,32-38H2,1-5H3. The highest BCUT2D eigenvalue weighted by atomic mass is 16.5. The smallest absolute Gasteiger partial charge is 0.310 e. The second kappa shape index (κ2) is 32.6. The minimum atomic E-state index is -0.447. The highest BCUT2D eigenvalue weighted by Crippen LogP contribution is 2.33. The van der Waals surface area contributed by atoms with Crippen molar-refractivity contribution >= 4 is 11.9 Å². The quantitative estimate of drug-likeness (QED) is 0.0383. The van der Waals surface area contributed by atoms with Crippen LogP contribution in [-0.4, -0.2) is 25.2 Å². The lowest BCUT2D eigenvalue weighted by Gasteiger charge is -2.31. The first-order valence-corrected chi connectivity index (χ1v) is 22.0. The molecule has 0 N–H and O–H groups in total. The van der Waals surface area contributed by atoms with Crippen LogP contribution in [0.1, 0.15) is 221 Å². The molecule has 5 unspecified atom stereocenters. The summed E-state index contributed by atoms with van der Waals surface area (Å²) in [6.45, 7) is 12.1. The van der Waals surface area contributed by atoms with Crippen molar-refractivity contribution < 1.29 is 19.1 Å². The molecule has 49 heavy (non-hydrogen) atoms. The van der Waals surface area contributed by atoms with Crippen LogP contribution in [0.4, 0.5) is 0 Å². The van der Waals surface area contributed by atoms with E-state index in [1.54, 1.807) is 0 Å². The van der Waals surface area contributed by atoms with Gasteiger partial charge < -0.3 is 9.47 Å². The van der Waals surface area contributed by atoms with Gasteiger partial charge in [0.2, 0.25) is 0 Å². The maximum absolute atomic E-state index is 13.7. The van der Waals surface area contributed by atoms with Crippen LogP contribution in [0.2, 0.25) is 0 Å². The predicted molar refractivity (Wildman–Crippen MR) is 211 cm³/mol. The molecule has 0 heterocycles. The third kappa shape index (κ3) is 23.7. The highest BCUT2D eigenvalue weighted by molar-refractivity contribution is 5.83. The lowest BCUT2D eigenvalue weighted by Crippen LogP contribution is -2.38. The summed E-state index contributed by atoms with van der Waals surface area (Å²) in [7, 11) is 0. The molecule has 0 aliphatic heterocycles. The third-order valence-electron chi connectivity index (χ3n) is 11.2. The molecular formula is C45H84O4. The molecule has 0 aromatic rings. The van der Waals surface area contributed by atoms with Crippen molar-refractivity contribution in [1.29, 1.82) is 0 Å². The molecule has 4 nitrogen and oxygen atoms in total. The van der Waals surface area contributed by atoms with Gasteiger partial charge in [0, 0.05) is 0 Å². The van der Waals surface area contributed by atoms with Crippen molar-refractivity contribution in [1.82, 2.24) is 0 Å². The minimum absolute atomic E-state index is 0.0171. The fraction of sp³-hybridized carbons (Fsp3) is 0.911. The van der Waals surface area contributed by atoms with Gasteiger partial charge in [-0.2, -0.15) is 0 Å². The van der Waals surface area contributed by atoms with E-state index in [4.69, 9.17) is 9.47 Å². The summed E-state index contributed by atoms with van der Waals surface area (Å²) < 4.78 is 12.2. The molecule has 1 aliphatic rings. The summed E-state index contributed by atoms with van der Waals surface area (Å²) >= 11 is 0. The Hall–Kier alpha value is -1.32. The van der Waals surface area contributed by atoms with Gasteiger partial charge in [-0.25, -0.2) is 0 Å². The van der Waals surface area contributed by atoms with Gasteiger partial charge in [-0.05, 0) is 49.9 Å². The van der Waals surface area contributed by atoms with E-state index in [1.807, 2.05) is 0 Å². The Morgan fingerprint density at radius 2 is 0.837 bits per heavy atom. The zero-order valence-corrected chi connectivity index (χ0v) is 33.6. The van der Waals surface area contributed by atoms with Gasteiger partial charge in [0.1, 0.15) is 0 Å². The van der Waals surface area contributed by atoms with Crippen LogP contribution in [0.25, 0.3) is 0 Å². The van der Waals surface area contributed by atoms with Gasteiger partial charge in [-0.15, -0.1) is 0 Å². The summed E-state index contributed by atoms with van der Waals surface area (Å²) in [5.74, 6) is -0.437. The van der Waals surface area contributed by atoms with Crippen LogP contribution in [0.5, 0.6) is 0 Å². The van der Waals surface area contributed by atoms with E-state index in [-0.39, 0.29) is 17.9 Å². The molecule has 0 aromatic heterocycles. The summed E-state index contributed by atoms with van der Waals surface area (Å²) in [5, 5.41) is 0. The molecule has 0 amide bonds. The molecule has 0 radical (unpaired) electrons. The van der Waals surface area contributed by atoms with Crippen molar-refractivity contribution in [2.45, 2.75) is 221 Å². The summed E-state index contributed by atoms with van der Waals surface area (Å²) in [4.78, 5) is 27.3. The predicted octanol–water partition coefficient (Wildman–Crippen LogP) is 14.1. The van der Waals surface area contributed by atoms with E-state index in [1.165, 1.54) is 154 Å². The number of rotatable bonds is 34. The second-order valence-electron chi connectivity index (χ2n) is 15.9. The van der Waals surface area contributed by atoms with E-state index in [9.17, 15) is 9.59 Å². The Kier molecular flexibility index (Phi) is 30.4. The number of carbonyl (C=O) groups is 2. The molecule has 0 saturated heterocycles. The Labute approximate surface area is 306 Å². The van der Waals surface area contributed by atoms with Crippen molar-refractivity contribution in [3.05, 3.63) is 12.2 Å². The maximum Gasteiger partial charge on any atom is 0.310 e. The SMILES string of the molecule is CCCCCCCCCC(CCCCCCC)COC(=O)C1CC=CC(C)C1C(=O)OCC(CCCCCCC)CCCCCCCCC. The molecule has 0 fully saturated rings. The highest BCUT2D eigenvalue weighted by Gasteiger charge is 2.40. The Morgan fingerprint density at radius 3 is 1.20 bits per heavy atom. The van der Waals surface area contributed by atoms with Gasteiger partial charge in [0.25, 0.3) is 0 Å². The minimum Gasteiger partial charge on any atom is -0.465 e. The van der Waals surface area contributed by atoms with Gasteiger partial charge in [0.15, 0.2) is 0 Å². The maximum atomic E-state index is 13.7. The topological polar surface area (TPSA) is 52.6 Å². The number of hydrogen-bond acceptors (Lipinski definition) is 4. The monoisotopic (exact) mass is 689 g/mol. The zero-order valence-electron chi connectivity index (χ0n) is 33.6. The molecule has 4 heteroatoms. The molecule has 0 spiro atoms. The lowest BCUT2D eigenvalue weighted by atomic mass is 9.76. The average Bonchev–Trinajstić information content (AvgIpc) is 3.10. The van der Waals surface area contributed by atoms with Crippen LogP contribution >= 0.6 is 0 Å². The van der Waals surface area contributed by atoms with Crippen LogP contribution < -0.4 is 0 Å². The number of unbranched alkanes of at least 4 members (excludes halogenated alkanes) is 20. The normalized spacial score (nSPS) is 18.8. The Bertz CT molecular complexity index is 791.